The molecule has 0 aromatic carbocycles. The summed E-state index contributed by atoms with van der Waals surface area (Å²) in [6, 6.07) is 1.84. The van der Waals surface area contributed by atoms with Crippen LogP contribution in [0.2, 0.25) is 0 Å². The fourth-order valence-corrected chi connectivity index (χ4v) is 1.75. The lowest BCUT2D eigenvalue weighted by atomic mass is 10.1. The number of ketones is 1. The van der Waals surface area contributed by atoms with E-state index >= 15 is 0 Å². The first-order valence-electron chi connectivity index (χ1n) is 7.10. The molecule has 126 valence electrons. The average molecular weight is 324 g/mol. The zero-order valence-electron chi connectivity index (χ0n) is 12.9. The highest BCUT2D eigenvalue weighted by Crippen LogP contribution is 2.14. The summed E-state index contributed by atoms with van der Waals surface area (Å²) < 4.78 is 9.95. The average Bonchev–Trinajstić information content (AvgIpc) is 3.03. The topological polar surface area (TPSA) is 130 Å². The Bertz CT molecular complexity index is 552. The van der Waals surface area contributed by atoms with E-state index in [4.69, 9.17) is 14.6 Å². The van der Waals surface area contributed by atoms with Gasteiger partial charge in [0.05, 0.1) is 18.6 Å². The van der Waals surface area contributed by atoms with Crippen LogP contribution in [-0.4, -0.2) is 41.1 Å². The van der Waals surface area contributed by atoms with E-state index < -0.39 is 35.9 Å². The zero-order chi connectivity index (χ0) is 17.4. The monoisotopic (exact) mass is 324 g/mol. The second-order valence-electron chi connectivity index (χ2n) is 5.11. The minimum atomic E-state index is -1.57. The minimum Gasteiger partial charge on any atom is -0.466 e. The molecule has 0 unspecified atom stereocenters. The molecule has 3 N–H and O–H groups in total. The van der Waals surface area contributed by atoms with Gasteiger partial charge in [-0.15, -0.1) is 0 Å². The molecule has 1 aromatic rings. The van der Waals surface area contributed by atoms with Gasteiger partial charge in [-0.1, -0.05) is 0 Å². The smallest absolute Gasteiger partial charge is 0.328 e. The van der Waals surface area contributed by atoms with E-state index in [1.165, 1.54) is 18.4 Å². The van der Waals surface area contributed by atoms with Crippen LogP contribution in [0.5, 0.6) is 0 Å². The van der Waals surface area contributed by atoms with Crippen molar-refractivity contribution in [2.45, 2.75) is 44.9 Å². The maximum atomic E-state index is 12.0. The molecule has 0 radical (unpaired) electrons. The van der Waals surface area contributed by atoms with Gasteiger partial charge in [0.1, 0.15) is 11.8 Å². The second kappa shape index (κ2) is 8.84. The molecular weight excluding hydrogens is 304 g/mol. The van der Waals surface area contributed by atoms with Gasteiger partial charge >= 0.3 is 5.97 Å². The third-order valence-electron chi connectivity index (χ3n) is 2.85. The van der Waals surface area contributed by atoms with E-state index in [1.807, 2.05) is 0 Å². The van der Waals surface area contributed by atoms with Crippen LogP contribution in [0.15, 0.2) is 22.8 Å². The maximum absolute atomic E-state index is 12.0. The lowest BCUT2D eigenvalue weighted by Gasteiger charge is -2.20. The summed E-state index contributed by atoms with van der Waals surface area (Å²) in [5.74, 6) is -1.99. The largest absolute Gasteiger partial charge is 0.466 e. The molecule has 1 rings (SSSR count). The molecule has 8 nitrogen and oxygen atoms in total. The van der Waals surface area contributed by atoms with Gasteiger partial charge in [-0.3, -0.25) is 9.59 Å². The maximum Gasteiger partial charge on any atom is 0.328 e. The lowest BCUT2D eigenvalue weighted by molar-refractivity contribution is -0.152. The van der Waals surface area contributed by atoms with E-state index in [9.17, 15) is 19.5 Å². The summed E-state index contributed by atoms with van der Waals surface area (Å²) in [5, 5.41) is 19.0. The molecule has 2 atom stereocenters. The number of rotatable bonds is 9. The Morgan fingerprint density at radius 2 is 2.13 bits per heavy atom. The Morgan fingerprint density at radius 1 is 1.43 bits per heavy atom. The lowest BCUT2D eigenvalue weighted by Crippen LogP contribution is -2.44. The van der Waals surface area contributed by atoms with Gasteiger partial charge in [-0.25, -0.2) is 4.79 Å². The van der Waals surface area contributed by atoms with Gasteiger partial charge in [0.25, 0.3) is 5.91 Å². The summed E-state index contributed by atoms with van der Waals surface area (Å²) in [5.41, 5.74) is 0. The first-order valence-corrected chi connectivity index (χ1v) is 7.10. The number of nitrogens with one attached hydrogen (secondary N) is 2. The Balaban J connectivity index is 2.74. The number of carbonyl (C=O) groups excluding carboxylic acids is 3. The molecule has 0 aliphatic rings. The molecule has 0 aliphatic carbocycles. The number of hydrogen-bond acceptors (Lipinski definition) is 7. The van der Waals surface area contributed by atoms with Crippen LogP contribution in [0.25, 0.3) is 0 Å². The van der Waals surface area contributed by atoms with Crippen molar-refractivity contribution in [3.63, 3.8) is 0 Å². The van der Waals surface area contributed by atoms with Crippen LogP contribution in [0.1, 0.15) is 38.6 Å². The fourth-order valence-electron chi connectivity index (χ4n) is 1.75. The Morgan fingerprint density at radius 3 is 2.65 bits per heavy atom. The van der Waals surface area contributed by atoms with Gasteiger partial charge in [-0.2, -0.15) is 0 Å². The highest BCUT2D eigenvalue weighted by molar-refractivity contribution is 6.26. The van der Waals surface area contributed by atoms with E-state index in [0.29, 0.717) is 6.21 Å². The summed E-state index contributed by atoms with van der Waals surface area (Å²) >= 11 is 0. The van der Waals surface area contributed by atoms with Crippen LogP contribution in [-0.2, 0) is 19.1 Å². The number of aliphatic hydroxyl groups is 1. The van der Waals surface area contributed by atoms with Gasteiger partial charge < -0.3 is 25.0 Å². The van der Waals surface area contributed by atoms with E-state index in [1.54, 1.807) is 13.8 Å². The van der Waals surface area contributed by atoms with Crippen molar-refractivity contribution < 1.29 is 28.6 Å². The number of carbonyl (C=O) groups is 3. The van der Waals surface area contributed by atoms with Gasteiger partial charge in [0, 0.05) is 6.42 Å². The van der Waals surface area contributed by atoms with Crippen molar-refractivity contribution in [1.82, 2.24) is 5.32 Å². The quantitative estimate of drug-likeness (QED) is 0.454. The van der Waals surface area contributed by atoms with Gasteiger partial charge in [0.2, 0.25) is 0 Å². The molecule has 1 aromatic heterocycles. The SMILES string of the molecule is CC(C)OC(=O)[C@H](CCC(=O)C=N)NC(=O)[C@H](O)c1ccco1. The Kier molecular flexibility index (Phi) is 7.14. The van der Waals surface area contributed by atoms with Crippen molar-refractivity contribution in [2.24, 2.45) is 0 Å². The third kappa shape index (κ3) is 6.03. The van der Waals surface area contributed by atoms with Crippen LogP contribution < -0.4 is 5.32 Å². The number of furan rings is 1. The number of esters is 1. The number of aliphatic hydroxyl groups excluding tert-OH is 1. The van der Waals surface area contributed by atoms with Crippen LogP contribution >= 0.6 is 0 Å². The minimum absolute atomic E-state index is 0.0314. The normalized spacial score (nSPS) is 13.2. The number of Topliss-reactive ketones (excluding diaryl/α,β-unsaturated/α-hetero) is 1. The van der Waals surface area contributed by atoms with Crippen molar-refractivity contribution in [2.75, 3.05) is 0 Å². The summed E-state index contributed by atoms with van der Waals surface area (Å²) in [6.45, 7) is 3.30. The highest BCUT2D eigenvalue weighted by atomic mass is 16.5. The molecule has 8 heteroatoms. The van der Waals surface area contributed by atoms with Crippen LogP contribution in [0.4, 0.5) is 0 Å². The van der Waals surface area contributed by atoms with Gasteiger partial charge in [0.15, 0.2) is 11.9 Å². The Labute approximate surface area is 133 Å². The van der Waals surface area contributed by atoms with Crippen LogP contribution in [0.3, 0.4) is 0 Å². The standard InChI is InChI=1S/C15H20N2O6/c1-9(2)23-15(21)11(6-5-10(18)8-16)17-14(20)13(19)12-4-3-7-22-12/h3-4,7-9,11,13,16,19H,5-6H2,1-2H3,(H,17,20)/t11-,13+/m0/s1. The molecule has 23 heavy (non-hydrogen) atoms. The van der Waals surface area contributed by atoms with E-state index in [-0.39, 0.29) is 18.6 Å². The number of ether oxygens (including phenoxy) is 1. The van der Waals surface area contributed by atoms with Crippen LogP contribution in [0, 0.1) is 5.41 Å². The zero-order valence-corrected chi connectivity index (χ0v) is 12.9. The molecule has 0 fully saturated rings. The predicted octanol–water partition coefficient (Wildman–Crippen LogP) is 0.748. The first-order chi connectivity index (χ1) is 10.8. The molecule has 0 saturated carbocycles. The summed E-state index contributed by atoms with van der Waals surface area (Å²) in [6.07, 6.45) is -0.147. The van der Waals surface area contributed by atoms with Crippen molar-refractivity contribution in [1.29, 1.82) is 5.41 Å². The van der Waals surface area contributed by atoms with E-state index in [0.717, 1.165) is 0 Å². The molecule has 0 spiro atoms. The third-order valence-corrected chi connectivity index (χ3v) is 2.85. The molecular formula is C15H20N2O6. The molecule has 1 heterocycles. The number of hydrogen-bond donors (Lipinski definition) is 3. The molecule has 0 bridgehead atoms. The molecule has 1 amide bonds. The predicted molar refractivity (Wildman–Crippen MR) is 79.9 cm³/mol. The van der Waals surface area contributed by atoms with Crippen molar-refractivity contribution in [3.05, 3.63) is 24.2 Å². The second-order valence-corrected chi connectivity index (χ2v) is 5.11. The molecule has 0 aliphatic heterocycles. The fraction of sp³-hybridized carbons (Fsp3) is 0.467. The van der Waals surface area contributed by atoms with Crippen molar-refractivity contribution in [3.8, 4) is 0 Å². The first kappa shape index (κ1) is 18.6. The summed E-state index contributed by atoms with van der Waals surface area (Å²) in [4.78, 5) is 35.2. The van der Waals surface area contributed by atoms with Crippen molar-refractivity contribution >= 4 is 23.9 Å². The number of amides is 1. The molecule has 0 saturated heterocycles. The van der Waals surface area contributed by atoms with Gasteiger partial charge in [-0.05, 0) is 32.4 Å². The Hall–Kier alpha value is -2.48. The van der Waals surface area contributed by atoms with E-state index in [2.05, 4.69) is 5.32 Å². The summed E-state index contributed by atoms with van der Waals surface area (Å²) in [7, 11) is 0. The highest BCUT2D eigenvalue weighted by Gasteiger charge is 2.28.